The first-order valence-corrected chi connectivity index (χ1v) is 4.75. The average molecular weight is 212 g/mol. The number of rotatable bonds is 2. The van der Waals surface area contributed by atoms with E-state index in [-0.39, 0.29) is 0 Å². The Labute approximate surface area is 90.8 Å². The van der Waals surface area contributed by atoms with Crippen molar-refractivity contribution < 1.29 is 0 Å². The van der Waals surface area contributed by atoms with E-state index in [0.717, 1.165) is 23.0 Å². The van der Waals surface area contributed by atoms with Gasteiger partial charge in [-0.15, -0.1) is 0 Å². The molecule has 0 aromatic carbocycles. The molecule has 0 bridgehead atoms. The summed E-state index contributed by atoms with van der Waals surface area (Å²) in [5, 5.41) is 0. The minimum Gasteiger partial charge on any atom is -0.343 e. The van der Waals surface area contributed by atoms with Crippen molar-refractivity contribution in [2.24, 2.45) is 0 Å². The number of nitrogens with one attached hydrogen (secondary N) is 2. The van der Waals surface area contributed by atoms with Crippen molar-refractivity contribution >= 4 is 0 Å². The lowest BCUT2D eigenvalue weighted by molar-refractivity contribution is 1.12. The summed E-state index contributed by atoms with van der Waals surface area (Å²) in [5.41, 5.74) is 1.48. The summed E-state index contributed by atoms with van der Waals surface area (Å²) < 4.78 is 0. The molecule has 3 heterocycles. The predicted molar refractivity (Wildman–Crippen MR) is 57.2 cm³/mol. The molecule has 0 aliphatic heterocycles. The van der Waals surface area contributed by atoms with Crippen LogP contribution in [0.4, 0.5) is 0 Å². The molecular weight excluding hydrogens is 204 g/mol. The molecule has 0 radical (unpaired) electrons. The van der Waals surface area contributed by atoms with Gasteiger partial charge in [-0.05, 0) is 6.07 Å². The van der Waals surface area contributed by atoms with Crippen LogP contribution in [0.1, 0.15) is 0 Å². The van der Waals surface area contributed by atoms with Gasteiger partial charge in [0.15, 0.2) is 11.6 Å². The third-order valence-electron chi connectivity index (χ3n) is 2.15. The van der Waals surface area contributed by atoms with Crippen molar-refractivity contribution in [1.82, 2.24) is 29.9 Å². The molecule has 2 N–H and O–H groups in total. The van der Waals surface area contributed by atoms with Crippen LogP contribution in [-0.2, 0) is 0 Å². The zero-order chi connectivity index (χ0) is 10.8. The first-order chi connectivity index (χ1) is 7.93. The summed E-state index contributed by atoms with van der Waals surface area (Å²) in [5.74, 6) is 1.44. The van der Waals surface area contributed by atoms with E-state index in [1.165, 1.54) is 6.33 Å². The van der Waals surface area contributed by atoms with Gasteiger partial charge in [-0.25, -0.2) is 19.9 Å². The number of hydrogen-bond acceptors (Lipinski definition) is 4. The quantitative estimate of drug-likeness (QED) is 0.669. The standard InChI is InChI=1S/C10H8N6/c1-2-12-9(11-1)7-5-8(16-6-15-7)10-13-3-4-14-10/h1-6H,(H,11,12)(H,13,14). The van der Waals surface area contributed by atoms with Gasteiger partial charge < -0.3 is 9.97 Å². The second kappa shape index (κ2) is 3.58. The molecule has 0 aliphatic rings. The zero-order valence-corrected chi connectivity index (χ0v) is 8.25. The Morgan fingerprint density at radius 2 is 1.31 bits per heavy atom. The SMILES string of the molecule is c1nc(-c2ncc[nH]2)cc(-c2ncc[nH]2)n1. The maximum Gasteiger partial charge on any atom is 0.156 e. The highest BCUT2D eigenvalue weighted by atomic mass is 15.0. The monoisotopic (exact) mass is 212 g/mol. The normalized spacial score (nSPS) is 10.5. The van der Waals surface area contributed by atoms with E-state index < -0.39 is 0 Å². The first-order valence-electron chi connectivity index (χ1n) is 4.75. The maximum absolute atomic E-state index is 4.15. The van der Waals surface area contributed by atoms with E-state index in [1.807, 2.05) is 6.07 Å². The molecule has 0 fully saturated rings. The molecule has 0 saturated heterocycles. The van der Waals surface area contributed by atoms with Crippen molar-refractivity contribution in [2.45, 2.75) is 0 Å². The third-order valence-corrected chi connectivity index (χ3v) is 2.15. The van der Waals surface area contributed by atoms with Crippen molar-refractivity contribution in [3.63, 3.8) is 0 Å². The number of nitrogens with zero attached hydrogens (tertiary/aromatic N) is 4. The second-order valence-corrected chi connectivity index (χ2v) is 3.16. The summed E-state index contributed by atoms with van der Waals surface area (Å²) in [6.07, 6.45) is 8.37. The smallest absolute Gasteiger partial charge is 0.156 e. The molecule has 0 atom stereocenters. The molecule has 3 aromatic rings. The number of aromatic amines is 2. The average Bonchev–Trinajstić information content (AvgIpc) is 3.03. The van der Waals surface area contributed by atoms with Crippen LogP contribution in [0.5, 0.6) is 0 Å². The number of aromatic nitrogens is 6. The van der Waals surface area contributed by atoms with Crippen LogP contribution in [0.25, 0.3) is 23.0 Å². The molecular formula is C10H8N6. The highest BCUT2D eigenvalue weighted by Crippen LogP contribution is 2.16. The minimum atomic E-state index is 0.718. The summed E-state index contributed by atoms with van der Waals surface area (Å²) >= 11 is 0. The van der Waals surface area contributed by atoms with Crippen molar-refractivity contribution in [1.29, 1.82) is 0 Å². The van der Waals surface area contributed by atoms with E-state index in [1.54, 1.807) is 24.8 Å². The van der Waals surface area contributed by atoms with E-state index in [0.29, 0.717) is 0 Å². The molecule has 3 aromatic heterocycles. The second-order valence-electron chi connectivity index (χ2n) is 3.16. The van der Waals surface area contributed by atoms with Crippen molar-refractivity contribution in [3.8, 4) is 23.0 Å². The highest BCUT2D eigenvalue weighted by Gasteiger charge is 2.06. The fourth-order valence-electron chi connectivity index (χ4n) is 1.43. The van der Waals surface area contributed by atoms with Gasteiger partial charge in [0.05, 0.1) is 0 Å². The number of imidazole rings is 2. The van der Waals surface area contributed by atoms with Gasteiger partial charge in [0.25, 0.3) is 0 Å². The summed E-state index contributed by atoms with van der Waals surface area (Å²) in [6, 6.07) is 1.83. The molecule has 0 unspecified atom stereocenters. The number of H-pyrrole nitrogens is 2. The molecule has 0 aliphatic carbocycles. The van der Waals surface area contributed by atoms with E-state index in [2.05, 4.69) is 29.9 Å². The molecule has 0 amide bonds. The van der Waals surface area contributed by atoms with E-state index in [9.17, 15) is 0 Å². The van der Waals surface area contributed by atoms with Crippen LogP contribution in [0.3, 0.4) is 0 Å². The first kappa shape index (κ1) is 8.78. The lowest BCUT2D eigenvalue weighted by Gasteiger charge is -1.98. The largest absolute Gasteiger partial charge is 0.343 e. The van der Waals surface area contributed by atoms with Gasteiger partial charge in [0.2, 0.25) is 0 Å². The summed E-state index contributed by atoms with van der Waals surface area (Å²) in [4.78, 5) is 22.5. The van der Waals surface area contributed by atoms with Crippen molar-refractivity contribution in [2.75, 3.05) is 0 Å². The maximum atomic E-state index is 4.15. The molecule has 6 nitrogen and oxygen atoms in total. The van der Waals surface area contributed by atoms with Crippen LogP contribution in [0.15, 0.2) is 37.2 Å². The number of hydrogen-bond donors (Lipinski definition) is 2. The zero-order valence-electron chi connectivity index (χ0n) is 8.25. The molecule has 0 saturated carbocycles. The van der Waals surface area contributed by atoms with Crippen molar-refractivity contribution in [3.05, 3.63) is 37.2 Å². The predicted octanol–water partition coefficient (Wildman–Crippen LogP) is 1.26. The minimum absolute atomic E-state index is 0.718. The van der Waals surface area contributed by atoms with E-state index in [4.69, 9.17) is 0 Å². The van der Waals surface area contributed by atoms with Gasteiger partial charge in [-0.2, -0.15) is 0 Å². The fourth-order valence-corrected chi connectivity index (χ4v) is 1.43. The van der Waals surface area contributed by atoms with Crippen LogP contribution in [0, 0.1) is 0 Å². The van der Waals surface area contributed by atoms with E-state index >= 15 is 0 Å². The summed E-state index contributed by atoms with van der Waals surface area (Å²) in [7, 11) is 0. The lowest BCUT2D eigenvalue weighted by Crippen LogP contribution is -1.91. The van der Waals surface area contributed by atoms with Crippen LogP contribution in [-0.4, -0.2) is 29.9 Å². The van der Waals surface area contributed by atoms with Gasteiger partial charge in [-0.1, -0.05) is 0 Å². The fraction of sp³-hybridized carbons (Fsp3) is 0. The Morgan fingerprint density at radius 3 is 1.75 bits per heavy atom. The Bertz CT molecular complexity index is 520. The Kier molecular flexibility index (Phi) is 1.96. The third kappa shape index (κ3) is 1.46. The van der Waals surface area contributed by atoms with Gasteiger partial charge in [0.1, 0.15) is 17.7 Å². The van der Waals surface area contributed by atoms with Crippen LogP contribution in [0.2, 0.25) is 0 Å². The highest BCUT2D eigenvalue weighted by molar-refractivity contribution is 5.58. The Morgan fingerprint density at radius 1 is 0.750 bits per heavy atom. The molecule has 6 heteroatoms. The molecule has 16 heavy (non-hydrogen) atoms. The van der Waals surface area contributed by atoms with Crippen LogP contribution < -0.4 is 0 Å². The topological polar surface area (TPSA) is 83.1 Å². The van der Waals surface area contributed by atoms with Crippen LogP contribution >= 0.6 is 0 Å². The molecule has 0 spiro atoms. The van der Waals surface area contributed by atoms with Gasteiger partial charge in [-0.3, -0.25) is 0 Å². The Balaban J connectivity index is 2.07. The van der Waals surface area contributed by atoms with Gasteiger partial charge >= 0.3 is 0 Å². The summed E-state index contributed by atoms with van der Waals surface area (Å²) in [6.45, 7) is 0. The Hall–Kier alpha value is -2.50. The lowest BCUT2D eigenvalue weighted by atomic mass is 10.3. The van der Waals surface area contributed by atoms with Gasteiger partial charge in [0, 0.05) is 24.8 Å². The molecule has 3 rings (SSSR count). The molecule has 78 valence electrons.